The molecule has 8 aliphatic rings. The zero-order valence-corrected chi connectivity index (χ0v) is 26.9. The molecule has 236 valence electrons. The molecular weight excluding hydrogens is 554 g/mol. The number of nitrogens with two attached hydrogens (primary N) is 1. The summed E-state index contributed by atoms with van der Waals surface area (Å²) >= 11 is 0. The van der Waals surface area contributed by atoms with Gasteiger partial charge in [0, 0.05) is 22.2 Å². The summed E-state index contributed by atoms with van der Waals surface area (Å²) in [6, 6.07) is 14.2. The van der Waals surface area contributed by atoms with E-state index < -0.39 is 0 Å². The molecule has 6 nitrogen and oxygen atoms in total. The molecule has 2 aromatic carbocycles. The molecule has 3 aromatic rings. The Kier molecular flexibility index (Phi) is 6.35. The third-order valence-electron chi connectivity index (χ3n) is 13.2. The number of aromatic amines is 1. The van der Waals surface area contributed by atoms with Gasteiger partial charge >= 0.3 is 0 Å². The lowest BCUT2D eigenvalue weighted by Crippen LogP contribution is -2.57. The number of nitrogens with one attached hydrogen (secondary N) is 2. The van der Waals surface area contributed by atoms with E-state index in [1.807, 2.05) is 24.3 Å². The van der Waals surface area contributed by atoms with Crippen molar-refractivity contribution in [3.8, 4) is 11.4 Å². The molecule has 1 aromatic heterocycles. The van der Waals surface area contributed by atoms with Crippen LogP contribution in [0.25, 0.3) is 22.4 Å². The highest BCUT2D eigenvalue weighted by atomic mass is 16.1. The fraction of sp³-hybridized carbons (Fsp3) is 0.615. The van der Waals surface area contributed by atoms with Gasteiger partial charge in [-0.1, -0.05) is 38.3 Å². The lowest BCUT2D eigenvalue weighted by Gasteiger charge is -2.53. The van der Waals surface area contributed by atoms with E-state index in [0.29, 0.717) is 11.3 Å². The highest BCUT2D eigenvalue weighted by Gasteiger charge is 2.53. The topological polar surface area (TPSA) is 96.2 Å². The zero-order chi connectivity index (χ0) is 30.4. The van der Waals surface area contributed by atoms with Gasteiger partial charge in [0.25, 0.3) is 5.91 Å². The molecule has 8 fully saturated rings. The Balaban J connectivity index is 0.926. The summed E-state index contributed by atoms with van der Waals surface area (Å²) < 4.78 is 0. The van der Waals surface area contributed by atoms with E-state index in [4.69, 9.17) is 15.7 Å². The first-order valence-electron chi connectivity index (χ1n) is 18.0. The van der Waals surface area contributed by atoms with Crippen molar-refractivity contribution in [2.24, 2.45) is 45.7 Å². The number of fused-ring (bicyclic) bond motifs is 4. The number of benzene rings is 2. The molecule has 0 spiro atoms. The molecule has 0 saturated heterocycles. The number of H-pyrrole nitrogens is 1. The van der Waals surface area contributed by atoms with E-state index in [1.54, 1.807) is 0 Å². The van der Waals surface area contributed by atoms with Crippen molar-refractivity contribution in [3.63, 3.8) is 0 Å². The number of aromatic nitrogens is 2. The van der Waals surface area contributed by atoms with Gasteiger partial charge in [0.1, 0.15) is 11.7 Å². The number of nitrogens with zero attached hydrogens (tertiary/aromatic N) is 2. The second-order valence-corrected chi connectivity index (χ2v) is 17.1. The predicted molar refractivity (Wildman–Crippen MR) is 180 cm³/mol. The first kappa shape index (κ1) is 28.1. The molecule has 45 heavy (non-hydrogen) atoms. The minimum absolute atomic E-state index is 0.00113. The molecule has 8 saturated carbocycles. The van der Waals surface area contributed by atoms with Gasteiger partial charge in [-0.2, -0.15) is 0 Å². The monoisotopic (exact) mass is 603 g/mol. The predicted octanol–water partition coefficient (Wildman–Crippen LogP) is 8.16. The molecule has 0 aliphatic heterocycles. The van der Waals surface area contributed by atoms with E-state index >= 15 is 0 Å². The van der Waals surface area contributed by atoms with Crippen LogP contribution in [0.3, 0.4) is 0 Å². The van der Waals surface area contributed by atoms with Crippen LogP contribution in [0.4, 0.5) is 0 Å². The number of hydrogen-bond acceptors (Lipinski definition) is 3. The Labute approximate surface area is 267 Å². The van der Waals surface area contributed by atoms with Gasteiger partial charge in [0.15, 0.2) is 0 Å². The van der Waals surface area contributed by atoms with Gasteiger partial charge in [-0.3, -0.25) is 9.79 Å². The minimum atomic E-state index is 0.00113. The van der Waals surface area contributed by atoms with Crippen LogP contribution < -0.4 is 11.1 Å². The van der Waals surface area contributed by atoms with Gasteiger partial charge in [0.2, 0.25) is 0 Å². The smallest absolute Gasteiger partial charge is 0.251 e. The van der Waals surface area contributed by atoms with Crippen molar-refractivity contribution in [1.29, 1.82) is 0 Å². The van der Waals surface area contributed by atoms with Gasteiger partial charge in [0.05, 0.1) is 16.6 Å². The molecule has 8 aliphatic carbocycles. The van der Waals surface area contributed by atoms with Crippen molar-refractivity contribution in [2.45, 2.75) is 114 Å². The van der Waals surface area contributed by atoms with Gasteiger partial charge in [-0.15, -0.1) is 0 Å². The van der Waals surface area contributed by atoms with E-state index in [1.165, 1.54) is 96.3 Å². The van der Waals surface area contributed by atoms with Crippen LogP contribution in [0.2, 0.25) is 0 Å². The second-order valence-electron chi connectivity index (χ2n) is 17.1. The summed E-state index contributed by atoms with van der Waals surface area (Å²) in [6.45, 7) is 2.50. The zero-order valence-electron chi connectivity index (χ0n) is 26.9. The van der Waals surface area contributed by atoms with Crippen molar-refractivity contribution < 1.29 is 4.79 Å². The van der Waals surface area contributed by atoms with Crippen molar-refractivity contribution >= 4 is 22.8 Å². The van der Waals surface area contributed by atoms with E-state index in [9.17, 15) is 4.79 Å². The first-order chi connectivity index (χ1) is 21.7. The Bertz CT molecular complexity index is 1660. The SMILES string of the molecule is C[C@]12CC[C@@H]3C[C@H](CC(N=C(N)c4ccc5nc(-c6ccc(C(=O)NC78CC9C[C@H](CCC[C@@H](C9)C7)C8)cc6)[nH]c5c4)(C3)C1)C2. The number of carbonyl (C=O) groups excluding carboxylic acids is 1. The molecule has 4 N–H and O–H groups in total. The third-order valence-corrected chi connectivity index (χ3v) is 13.2. The van der Waals surface area contributed by atoms with Crippen molar-refractivity contribution in [3.05, 3.63) is 53.6 Å². The number of imidazole rings is 1. The van der Waals surface area contributed by atoms with E-state index in [0.717, 1.165) is 63.1 Å². The van der Waals surface area contributed by atoms with E-state index in [-0.39, 0.29) is 17.0 Å². The second kappa shape index (κ2) is 10.2. The van der Waals surface area contributed by atoms with Crippen molar-refractivity contribution in [2.75, 3.05) is 0 Å². The van der Waals surface area contributed by atoms with Crippen LogP contribution in [0.15, 0.2) is 47.5 Å². The van der Waals surface area contributed by atoms with Gasteiger partial charge in [-0.25, -0.2) is 4.98 Å². The summed E-state index contributed by atoms with van der Waals surface area (Å²) in [4.78, 5) is 27.3. The standard InChI is InChI=1S/C39H49N5O/c1-37-12-11-26-15-28(17-37)22-39(20-26,23-37)43-34(40)31-9-10-32-33(16-31)42-35(41-32)29-5-7-30(8-6-29)36(45)44-38-18-24-3-2-4-25(19-38)14-27(13-24)21-38/h5-10,16,24-28H,2-4,11-15,17-23H2,1H3,(H2,40,43)(H,41,42)(H,44,45)/t24-,25-,26+,27?,28-,37+,38?,39?/m0/s1. The Morgan fingerprint density at radius 2 is 1.56 bits per heavy atom. The lowest BCUT2D eigenvalue weighted by atomic mass is 9.57. The number of amides is 1. The van der Waals surface area contributed by atoms with Crippen molar-refractivity contribution in [1.82, 2.24) is 15.3 Å². The summed E-state index contributed by atoms with van der Waals surface area (Å²) in [5.41, 5.74) is 11.8. The summed E-state index contributed by atoms with van der Waals surface area (Å²) in [6.07, 6.45) is 19.4. The quantitative estimate of drug-likeness (QED) is 0.203. The fourth-order valence-electron chi connectivity index (χ4n) is 12.0. The van der Waals surface area contributed by atoms with Crippen LogP contribution in [0.5, 0.6) is 0 Å². The molecule has 11 rings (SSSR count). The average Bonchev–Trinajstić information content (AvgIpc) is 3.33. The fourth-order valence-corrected chi connectivity index (χ4v) is 12.0. The molecule has 1 heterocycles. The highest BCUT2D eigenvalue weighted by Crippen LogP contribution is 2.60. The van der Waals surface area contributed by atoms with Gasteiger partial charge < -0.3 is 16.0 Å². The maximum absolute atomic E-state index is 13.5. The summed E-state index contributed by atoms with van der Waals surface area (Å²) in [7, 11) is 0. The maximum atomic E-state index is 13.5. The molecule has 8 bridgehead atoms. The van der Waals surface area contributed by atoms with Crippen LogP contribution >= 0.6 is 0 Å². The average molecular weight is 604 g/mol. The highest BCUT2D eigenvalue weighted by molar-refractivity contribution is 6.00. The number of aliphatic imine (C=N–C) groups is 1. The Morgan fingerprint density at radius 3 is 2.36 bits per heavy atom. The van der Waals surface area contributed by atoms with Crippen LogP contribution in [-0.4, -0.2) is 32.8 Å². The maximum Gasteiger partial charge on any atom is 0.251 e. The number of hydrogen-bond donors (Lipinski definition) is 3. The molecule has 6 atom stereocenters. The number of carbonyl (C=O) groups is 1. The molecule has 0 radical (unpaired) electrons. The minimum Gasteiger partial charge on any atom is -0.383 e. The molecular formula is C39H49N5O. The van der Waals surface area contributed by atoms with Gasteiger partial charge in [-0.05, 0) is 142 Å². The van der Waals surface area contributed by atoms with Crippen LogP contribution in [-0.2, 0) is 0 Å². The van der Waals surface area contributed by atoms with Crippen LogP contribution in [0, 0.1) is 35.0 Å². The third kappa shape index (κ3) is 5.11. The summed E-state index contributed by atoms with van der Waals surface area (Å²) in [5.74, 6) is 5.54. The summed E-state index contributed by atoms with van der Waals surface area (Å²) in [5, 5.41) is 3.57. The normalized spacial score (nSPS) is 38.7. The molecule has 6 heteroatoms. The largest absolute Gasteiger partial charge is 0.383 e. The van der Waals surface area contributed by atoms with E-state index in [2.05, 4.69) is 35.4 Å². The van der Waals surface area contributed by atoms with Crippen LogP contribution in [0.1, 0.15) is 119 Å². The Morgan fingerprint density at radius 1 is 0.867 bits per heavy atom. The Hall–Kier alpha value is -3.15. The first-order valence-corrected chi connectivity index (χ1v) is 18.0. The lowest BCUT2D eigenvalue weighted by molar-refractivity contribution is 0.0217. The number of rotatable bonds is 5. The molecule has 1 amide bonds. The molecule has 1 unspecified atom stereocenters. The number of amidine groups is 1.